The smallest absolute Gasteiger partial charge is 0.252 e. The van der Waals surface area contributed by atoms with Crippen LogP contribution in [-0.2, 0) is 0 Å². The first kappa shape index (κ1) is 14.5. The quantitative estimate of drug-likeness (QED) is 0.825. The fourth-order valence-electron chi connectivity index (χ4n) is 2.03. The highest BCUT2D eigenvalue weighted by Gasteiger charge is 2.32. The van der Waals surface area contributed by atoms with Crippen molar-refractivity contribution in [1.29, 1.82) is 0 Å². The number of hydrogen-bond acceptors (Lipinski definition) is 2. The van der Waals surface area contributed by atoms with Crippen molar-refractivity contribution >= 4 is 5.91 Å². The molecule has 3 nitrogen and oxygen atoms in total. The second-order valence-electron chi connectivity index (χ2n) is 5.15. The highest BCUT2D eigenvalue weighted by Crippen LogP contribution is 2.36. The standard InChI is InChI=1S/C16H18FNO2/c1-11-8-13(11)10-18-16(20)15-9-14(17)6-5-12(15)4-2-3-7-19/h5-6,9,11,13,19H,3,7-8,10H2,1H3,(H,18,20). The molecule has 0 aromatic heterocycles. The van der Waals surface area contributed by atoms with Crippen molar-refractivity contribution in [1.82, 2.24) is 5.32 Å². The average Bonchev–Trinajstić information content (AvgIpc) is 3.14. The topological polar surface area (TPSA) is 49.3 Å². The van der Waals surface area contributed by atoms with Crippen LogP contribution in [0.1, 0.15) is 35.7 Å². The van der Waals surface area contributed by atoms with Crippen LogP contribution in [0, 0.1) is 29.5 Å². The second-order valence-corrected chi connectivity index (χ2v) is 5.15. The molecule has 0 radical (unpaired) electrons. The summed E-state index contributed by atoms with van der Waals surface area (Å²) < 4.78 is 13.3. The Morgan fingerprint density at radius 3 is 2.95 bits per heavy atom. The normalized spacial score (nSPS) is 19.9. The number of rotatable bonds is 4. The number of aliphatic hydroxyl groups excluding tert-OH is 1. The largest absolute Gasteiger partial charge is 0.395 e. The number of halogens is 1. The highest BCUT2D eigenvalue weighted by molar-refractivity contribution is 5.96. The van der Waals surface area contributed by atoms with Gasteiger partial charge in [0, 0.05) is 18.5 Å². The van der Waals surface area contributed by atoms with Gasteiger partial charge in [0.2, 0.25) is 0 Å². The molecule has 0 spiro atoms. The van der Waals surface area contributed by atoms with Crippen LogP contribution in [0.2, 0.25) is 0 Å². The van der Waals surface area contributed by atoms with Crippen LogP contribution in [-0.4, -0.2) is 24.2 Å². The number of amides is 1. The predicted octanol–water partition coefficient (Wildman–Crippen LogP) is 1.95. The zero-order valence-electron chi connectivity index (χ0n) is 11.4. The minimum absolute atomic E-state index is 0.0324. The summed E-state index contributed by atoms with van der Waals surface area (Å²) in [6.45, 7) is 2.74. The van der Waals surface area contributed by atoms with Crippen molar-refractivity contribution in [2.45, 2.75) is 19.8 Å². The molecule has 1 aromatic carbocycles. The summed E-state index contributed by atoms with van der Waals surface area (Å²) in [5.74, 6) is 5.99. The van der Waals surface area contributed by atoms with Gasteiger partial charge in [0.1, 0.15) is 5.82 Å². The molecular weight excluding hydrogens is 257 g/mol. The summed E-state index contributed by atoms with van der Waals surface area (Å²) in [4.78, 5) is 12.1. The van der Waals surface area contributed by atoms with Gasteiger partial charge >= 0.3 is 0 Å². The van der Waals surface area contributed by atoms with Crippen LogP contribution in [0.4, 0.5) is 4.39 Å². The maximum Gasteiger partial charge on any atom is 0.252 e. The van der Waals surface area contributed by atoms with Crippen molar-refractivity contribution in [3.63, 3.8) is 0 Å². The molecule has 0 aliphatic heterocycles. The van der Waals surface area contributed by atoms with E-state index in [2.05, 4.69) is 24.1 Å². The molecule has 20 heavy (non-hydrogen) atoms. The van der Waals surface area contributed by atoms with E-state index < -0.39 is 5.82 Å². The fraction of sp³-hybridized carbons (Fsp3) is 0.438. The van der Waals surface area contributed by atoms with Gasteiger partial charge in [-0.05, 0) is 36.5 Å². The van der Waals surface area contributed by atoms with E-state index in [1.807, 2.05) is 0 Å². The van der Waals surface area contributed by atoms with E-state index in [0.717, 1.165) is 6.42 Å². The van der Waals surface area contributed by atoms with Gasteiger partial charge in [0.05, 0.1) is 12.2 Å². The molecule has 2 atom stereocenters. The molecule has 1 saturated carbocycles. The molecule has 4 heteroatoms. The Balaban J connectivity index is 2.09. The lowest BCUT2D eigenvalue weighted by molar-refractivity contribution is 0.0950. The molecule has 0 bridgehead atoms. The third kappa shape index (κ3) is 3.82. The molecule has 1 aliphatic carbocycles. The zero-order chi connectivity index (χ0) is 14.5. The number of aliphatic hydroxyl groups is 1. The summed E-state index contributed by atoms with van der Waals surface area (Å²) in [7, 11) is 0. The van der Waals surface area contributed by atoms with Gasteiger partial charge in [-0.3, -0.25) is 4.79 Å². The Morgan fingerprint density at radius 1 is 1.55 bits per heavy atom. The van der Waals surface area contributed by atoms with Gasteiger partial charge in [-0.25, -0.2) is 4.39 Å². The van der Waals surface area contributed by atoms with Crippen LogP contribution >= 0.6 is 0 Å². The van der Waals surface area contributed by atoms with Crippen LogP contribution in [0.15, 0.2) is 18.2 Å². The Labute approximate surface area is 118 Å². The monoisotopic (exact) mass is 275 g/mol. The first-order chi connectivity index (χ1) is 9.61. The number of hydrogen-bond donors (Lipinski definition) is 2. The third-order valence-electron chi connectivity index (χ3n) is 3.49. The molecule has 1 aromatic rings. The van der Waals surface area contributed by atoms with Gasteiger partial charge in [-0.15, -0.1) is 0 Å². The number of carbonyl (C=O) groups excluding carboxylic acids is 1. The number of benzene rings is 1. The lowest BCUT2D eigenvalue weighted by Crippen LogP contribution is -2.26. The molecule has 106 valence electrons. The molecule has 2 rings (SSSR count). The third-order valence-corrected chi connectivity index (χ3v) is 3.49. The van der Waals surface area contributed by atoms with Crippen molar-refractivity contribution in [3.8, 4) is 11.8 Å². The first-order valence-corrected chi connectivity index (χ1v) is 6.79. The molecular formula is C16H18FNO2. The van der Waals surface area contributed by atoms with Crippen molar-refractivity contribution in [2.75, 3.05) is 13.2 Å². The second kappa shape index (κ2) is 6.53. The predicted molar refractivity (Wildman–Crippen MR) is 74.6 cm³/mol. The van der Waals surface area contributed by atoms with Gasteiger partial charge in [-0.2, -0.15) is 0 Å². The van der Waals surface area contributed by atoms with Crippen molar-refractivity contribution < 1.29 is 14.3 Å². The minimum atomic E-state index is -0.456. The van der Waals surface area contributed by atoms with Crippen molar-refractivity contribution in [3.05, 3.63) is 35.1 Å². The van der Waals surface area contributed by atoms with E-state index >= 15 is 0 Å². The van der Waals surface area contributed by atoms with Gasteiger partial charge < -0.3 is 10.4 Å². The van der Waals surface area contributed by atoms with E-state index in [1.54, 1.807) is 0 Å². The van der Waals surface area contributed by atoms with Gasteiger partial charge in [-0.1, -0.05) is 18.8 Å². The molecule has 1 fully saturated rings. The SMILES string of the molecule is CC1CC1CNC(=O)c1cc(F)ccc1C#CCCO. The Morgan fingerprint density at radius 2 is 2.30 bits per heavy atom. The lowest BCUT2D eigenvalue weighted by atomic mass is 10.1. The van der Waals surface area contributed by atoms with Crippen LogP contribution in [0.5, 0.6) is 0 Å². The maximum atomic E-state index is 13.3. The van der Waals surface area contributed by atoms with E-state index in [-0.39, 0.29) is 18.1 Å². The van der Waals surface area contributed by atoms with Crippen LogP contribution in [0.3, 0.4) is 0 Å². The Hall–Kier alpha value is -1.86. The van der Waals surface area contributed by atoms with Crippen LogP contribution < -0.4 is 5.32 Å². The van der Waals surface area contributed by atoms with Gasteiger partial charge in [0.15, 0.2) is 0 Å². The zero-order valence-corrected chi connectivity index (χ0v) is 11.4. The Bertz CT molecular complexity index is 559. The molecule has 0 heterocycles. The fourth-order valence-corrected chi connectivity index (χ4v) is 2.03. The molecule has 0 saturated heterocycles. The number of carbonyl (C=O) groups is 1. The first-order valence-electron chi connectivity index (χ1n) is 6.79. The van der Waals surface area contributed by atoms with Crippen molar-refractivity contribution in [2.24, 2.45) is 11.8 Å². The van der Waals surface area contributed by atoms with E-state index in [1.165, 1.54) is 18.2 Å². The van der Waals surface area contributed by atoms with Gasteiger partial charge in [0.25, 0.3) is 5.91 Å². The maximum absolute atomic E-state index is 13.3. The van der Waals surface area contributed by atoms with E-state index in [4.69, 9.17) is 5.11 Å². The van der Waals surface area contributed by atoms with Crippen LogP contribution in [0.25, 0.3) is 0 Å². The minimum Gasteiger partial charge on any atom is -0.395 e. The van der Waals surface area contributed by atoms with E-state index in [9.17, 15) is 9.18 Å². The number of nitrogens with one attached hydrogen (secondary N) is 1. The summed E-state index contributed by atoms with van der Waals surface area (Å²) >= 11 is 0. The molecule has 1 aliphatic rings. The summed E-state index contributed by atoms with van der Waals surface area (Å²) in [6, 6.07) is 3.98. The highest BCUT2D eigenvalue weighted by atomic mass is 19.1. The van der Waals surface area contributed by atoms with E-state index in [0.29, 0.717) is 30.4 Å². The molecule has 2 N–H and O–H groups in total. The molecule has 1 amide bonds. The average molecular weight is 275 g/mol. The lowest BCUT2D eigenvalue weighted by Gasteiger charge is -2.07. The summed E-state index contributed by atoms with van der Waals surface area (Å²) in [5.41, 5.74) is 0.741. The summed E-state index contributed by atoms with van der Waals surface area (Å²) in [6.07, 6.45) is 1.46. The summed E-state index contributed by atoms with van der Waals surface area (Å²) in [5, 5.41) is 11.5. The molecule has 2 unspecified atom stereocenters. The Kier molecular flexibility index (Phi) is 4.75.